The second-order valence-electron chi connectivity index (χ2n) is 4.79. The van der Waals surface area contributed by atoms with Gasteiger partial charge in [0.05, 0.1) is 6.61 Å². The van der Waals surface area contributed by atoms with Crippen LogP contribution in [0, 0.1) is 20.8 Å². The molecule has 3 N–H and O–H groups in total. The molecule has 0 radical (unpaired) electrons. The highest BCUT2D eigenvalue weighted by Crippen LogP contribution is 2.27. The third-order valence-electron chi connectivity index (χ3n) is 3.00. The lowest BCUT2D eigenvalue weighted by Gasteiger charge is -2.27. The van der Waals surface area contributed by atoms with E-state index in [2.05, 4.69) is 6.58 Å². The second-order valence-corrected chi connectivity index (χ2v) is 4.79. The summed E-state index contributed by atoms with van der Waals surface area (Å²) >= 11 is 0. The fourth-order valence-electron chi connectivity index (χ4n) is 2.10. The lowest BCUT2D eigenvalue weighted by molar-refractivity contribution is -0.0479. The second kappa shape index (κ2) is 6.70. The van der Waals surface area contributed by atoms with Gasteiger partial charge < -0.3 is 20.1 Å². The quantitative estimate of drug-likeness (QED) is 0.678. The van der Waals surface area contributed by atoms with Crippen LogP contribution in [0.25, 0.3) is 0 Å². The van der Waals surface area contributed by atoms with Crippen LogP contribution < -0.4 is 4.74 Å². The molecule has 1 rings (SSSR count). The van der Waals surface area contributed by atoms with Crippen molar-refractivity contribution in [1.82, 2.24) is 0 Å². The van der Waals surface area contributed by atoms with E-state index < -0.39 is 24.9 Å². The number of aryl methyl sites for hydroxylation is 3. The van der Waals surface area contributed by atoms with Gasteiger partial charge in [0.1, 0.15) is 18.0 Å². The summed E-state index contributed by atoms with van der Waals surface area (Å²) in [4.78, 5) is 0. The molecule has 0 aliphatic heterocycles. The predicted molar refractivity (Wildman–Crippen MR) is 74.4 cm³/mol. The molecule has 0 aromatic heterocycles. The van der Waals surface area contributed by atoms with Crippen molar-refractivity contribution in [3.05, 3.63) is 41.5 Å². The fourth-order valence-corrected chi connectivity index (χ4v) is 2.10. The Bertz CT molecular complexity index is 419. The van der Waals surface area contributed by atoms with E-state index >= 15 is 0 Å². The Morgan fingerprint density at radius 2 is 1.74 bits per heavy atom. The van der Waals surface area contributed by atoms with E-state index in [1.54, 1.807) is 0 Å². The van der Waals surface area contributed by atoms with E-state index in [-0.39, 0.29) is 0 Å². The summed E-state index contributed by atoms with van der Waals surface area (Å²) in [6, 6.07) is 3.93. The van der Waals surface area contributed by atoms with Crippen LogP contribution in [-0.2, 0) is 0 Å². The molecule has 3 atom stereocenters. The van der Waals surface area contributed by atoms with Crippen LogP contribution in [0.2, 0.25) is 0 Å². The SMILES string of the molecule is C=C[C@@H](O)[C@H](Oc1c(C)cc(C)cc1C)[C@H](O)CO. The molecule has 0 spiro atoms. The molecule has 4 nitrogen and oxygen atoms in total. The van der Waals surface area contributed by atoms with Crippen molar-refractivity contribution in [3.8, 4) is 5.75 Å². The van der Waals surface area contributed by atoms with Gasteiger partial charge >= 0.3 is 0 Å². The standard InChI is InChI=1S/C15H22O4/c1-5-12(17)15(13(18)8-16)19-14-10(3)6-9(2)7-11(14)4/h5-7,12-13,15-18H,1,8H2,2-4H3/t12-,13-,15+/m1/s1. The highest BCUT2D eigenvalue weighted by atomic mass is 16.5. The summed E-state index contributed by atoms with van der Waals surface area (Å²) in [6.45, 7) is 8.78. The lowest BCUT2D eigenvalue weighted by Crippen LogP contribution is -2.43. The zero-order valence-electron chi connectivity index (χ0n) is 11.6. The molecule has 0 bridgehead atoms. The number of aliphatic hydroxyl groups excluding tert-OH is 3. The van der Waals surface area contributed by atoms with E-state index in [4.69, 9.17) is 9.84 Å². The van der Waals surface area contributed by atoms with Crippen LogP contribution in [-0.4, -0.2) is 40.2 Å². The minimum absolute atomic E-state index is 0.487. The molecule has 0 heterocycles. The topological polar surface area (TPSA) is 69.9 Å². The van der Waals surface area contributed by atoms with Gasteiger partial charge in [0.25, 0.3) is 0 Å². The summed E-state index contributed by atoms with van der Waals surface area (Å²) in [6.07, 6.45) is -1.89. The van der Waals surface area contributed by atoms with Crippen LogP contribution >= 0.6 is 0 Å². The van der Waals surface area contributed by atoms with Crippen molar-refractivity contribution in [2.45, 2.75) is 39.1 Å². The first kappa shape index (κ1) is 15.7. The molecule has 0 saturated heterocycles. The lowest BCUT2D eigenvalue weighted by atomic mass is 10.0. The van der Waals surface area contributed by atoms with Crippen molar-refractivity contribution >= 4 is 0 Å². The number of benzene rings is 1. The molecule has 19 heavy (non-hydrogen) atoms. The first-order chi connectivity index (χ1) is 8.90. The maximum Gasteiger partial charge on any atom is 0.156 e. The summed E-state index contributed by atoms with van der Waals surface area (Å²) in [7, 11) is 0. The van der Waals surface area contributed by atoms with Gasteiger partial charge in [-0.1, -0.05) is 23.8 Å². The maximum atomic E-state index is 9.80. The fraction of sp³-hybridized carbons (Fsp3) is 0.467. The number of rotatable bonds is 6. The molecular formula is C15H22O4. The first-order valence-electron chi connectivity index (χ1n) is 6.24. The van der Waals surface area contributed by atoms with E-state index in [9.17, 15) is 10.2 Å². The summed E-state index contributed by atoms with van der Waals surface area (Å²) < 4.78 is 5.71. The molecular weight excluding hydrogens is 244 g/mol. The number of hydrogen-bond acceptors (Lipinski definition) is 4. The van der Waals surface area contributed by atoms with Gasteiger partial charge in [-0.3, -0.25) is 0 Å². The molecule has 0 unspecified atom stereocenters. The maximum absolute atomic E-state index is 9.80. The highest BCUT2D eigenvalue weighted by Gasteiger charge is 2.27. The highest BCUT2D eigenvalue weighted by molar-refractivity contribution is 5.43. The van der Waals surface area contributed by atoms with E-state index in [0.29, 0.717) is 5.75 Å². The number of hydrogen-bond donors (Lipinski definition) is 3. The zero-order valence-corrected chi connectivity index (χ0v) is 11.6. The van der Waals surface area contributed by atoms with Crippen LogP contribution in [0.3, 0.4) is 0 Å². The minimum atomic E-state index is -1.17. The Labute approximate surface area is 114 Å². The molecule has 0 saturated carbocycles. The van der Waals surface area contributed by atoms with E-state index in [0.717, 1.165) is 16.7 Å². The molecule has 0 amide bonds. The molecule has 0 fully saturated rings. The van der Waals surface area contributed by atoms with Crippen molar-refractivity contribution in [2.24, 2.45) is 0 Å². The molecule has 4 heteroatoms. The largest absolute Gasteiger partial charge is 0.484 e. The Morgan fingerprint density at radius 3 is 2.16 bits per heavy atom. The Morgan fingerprint density at radius 1 is 1.21 bits per heavy atom. The summed E-state index contributed by atoms with van der Waals surface area (Å²) in [5.41, 5.74) is 2.96. The van der Waals surface area contributed by atoms with Crippen molar-refractivity contribution in [2.75, 3.05) is 6.61 Å². The monoisotopic (exact) mass is 266 g/mol. The Hall–Kier alpha value is -1.36. The van der Waals surface area contributed by atoms with Gasteiger partial charge in [0, 0.05) is 0 Å². The number of aliphatic hydroxyl groups is 3. The predicted octanol–water partition coefficient (Wildman–Crippen LogP) is 1.26. The van der Waals surface area contributed by atoms with E-state index in [1.165, 1.54) is 6.08 Å². The average molecular weight is 266 g/mol. The summed E-state index contributed by atoms with van der Waals surface area (Å²) in [5.74, 6) is 0.615. The van der Waals surface area contributed by atoms with Crippen LogP contribution in [0.4, 0.5) is 0 Å². The van der Waals surface area contributed by atoms with Crippen molar-refractivity contribution in [3.63, 3.8) is 0 Å². The van der Waals surface area contributed by atoms with Crippen molar-refractivity contribution in [1.29, 1.82) is 0 Å². The van der Waals surface area contributed by atoms with Crippen LogP contribution in [0.15, 0.2) is 24.8 Å². The molecule has 1 aromatic rings. The van der Waals surface area contributed by atoms with Gasteiger partial charge in [-0.2, -0.15) is 0 Å². The third-order valence-corrected chi connectivity index (χ3v) is 3.00. The first-order valence-corrected chi connectivity index (χ1v) is 6.24. The smallest absolute Gasteiger partial charge is 0.156 e. The summed E-state index contributed by atoms with van der Waals surface area (Å²) in [5, 5.41) is 28.6. The molecule has 1 aromatic carbocycles. The molecule has 0 aliphatic carbocycles. The van der Waals surface area contributed by atoms with Crippen LogP contribution in [0.5, 0.6) is 5.75 Å². The van der Waals surface area contributed by atoms with Gasteiger partial charge in [-0.25, -0.2) is 0 Å². The third kappa shape index (κ3) is 3.80. The van der Waals surface area contributed by atoms with Gasteiger partial charge in [0.15, 0.2) is 6.10 Å². The van der Waals surface area contributed by atoms with Crippen molar-refractivity contribution < 1.29 is 20.1 Å². The van der Waals surface area contributed by atoms with Crippen LogP contribution in [0.1, 0.15) is 16.7 Å². The molecule has 0 aliphatic rings. The average Bonchev–Trinajstić information content (AvgIpc) is 2.36. The Kier molecular flexibility index (Phi) is 5.54. The zero-order chi connectivity index (χ0) is 14.6. The normalized spacial score (nSPS) is 15.7. The van der Waals surface area contributed by atoms with Gasteiger partial charge in [-0.05, 0) is 31.9 Å². The van der Waals surface area contributed by atoms with Gasteiger partial charge in [-0.15, -0.1) is 6.58 Å². The number of ether oxygens (including phenoxy) is 1. The minimum Gasteiger partial charge on any atom is -0.484 e. The van der Waals surface area contributed by atoms with Gasteiger partial charge in [0.2, 0.25) is 0 Å². The molecule has 106 valence electrons. The van der Waals surface area contributed by atoms with E-state index in [1.807, 2.05) is 32.9 Å². The Balaban J connectivity index is 3.06.